The van der Waals surface area contributed by atoms with Crippen LogP contribution in [-0.4, -0.2) is 35.4 Å². The Hall–Kier alpha value is -1.56. The van der Waals surface area contributed by atoms with Gasteiger partial charge in [0.1, 0.15) is 11.4 Å². The molecule has 1 aliphatic heterocycles. The fourth-order valence-electron chi connectivity index (χ4n) is 1.72. The molecule has 0 saturated carbocycles. The molecule has 0 spiro atoms. The number of hydrogen-bond donors (Lipinski definition) is 2. The number of carbonyl (C=O) groups is 1. The Kier molecular flexibility index (Phi) is 5.82. The number of rotatable bonds is 2. The number of piperidine rings is 1. The molecule has 0 amide bonds. The minimum Gasteiger partial charge on any atom is -0.491 e. The lowest BCUT2D eigenvalue weighted by Crippen LogP contribution is -2.26. The standard InChI is InChI=1S/C8H12N2O2.C5H10O2/c11-8-5-7(12-10-8)6-1-3-9-4-2-6;1-5(2,3)7-4-6/h5-6,9H,1-4H2,(H,10,11);4H,1-3H3. The molecule has 6 heteroatoms. The summed E-state index contributed by atoms with van der Waals surface area (Å²) in [6, 6.07) is 1.61. The van der Waals surface area contributed by atoms with Crippen molar-refractivity contribution in [2.45, 2.75) is 45.1 Å². The summed E-state index contributed by atoms with van der Waals surface area (Å²) in [6.45, 7) is 7.96. The second-order valence-corrected chi connectivity index (χ2v) is 5.44. The Morgan fingerprint density at radius 1 is 1.47 bits per heavy atom. The average Bonchev–Trinajstić information content (AvgIpc) is 2.76. The Bertz CT molecular complexity index is 378. The van der Waals surface area contributed by atoms with E-state index in [2.05, 4.69) is 15.2 Å². The molecular weight excluding hydrogens is 248 g/mol. The third-order valence-electron chi connectivity index (χ3n) is 2.66. The van der Waals surface area contributed by atoms with E-state index in [0.717, 1.165) is 31.7 Å². The van der Waals surface area contributed by atoms with Crippen molar-refractivity contribution >= 4 is 6.47 Å². The molecule has 1 fully saturated rings. The second-order valence-electron chi connectivity index (χ2n) is 5.44. The number of aromatic hydroxyl groups is 1. The highest BCUT2D eigenvalue weighted by Crippen LogP contribution is 2.26. The van der Waals surface area contributed by atoms with Crippen LogP contribution in [0.3, 0.4) is 0 Å². The van der Waals surface area contributed by atoms with Crippen LogP contribution in [0, 0.1) is 0 Å². The van der Waals surface area contributed by atoms with E-state index in [9.17, 15) is 4.79 Å². The molecule has 1 aromatic rings. The van der Waals surface area contributed by atoms with Gasteiger partial charge in [-0.1, -0.05) is 0 Å². The molecule has 0 unspecified atom stereocenters. The predicted octanol–water partition coefficient (Wildman–Crippen LogP) is 1.81. The van der Waals surface area contributed by atoms with E-state index in [4.69, 9.17) is 9.63 Å². The van der Waals surface area contributed by atoms with Crippen LogP contribution < -0.4 is 5.32 Å². The highest BCUT2D eigenvalue weighted by Gasteiger charge is 2.19. The summed E-state index contributed by atoms with van der Waals surface area (Å²) in [4.78, 5) is 9.60. The normalized spacial score (nSPS) is 16.4. The topological polar surface area (TPSA) is 84.6 Å². The van der Waals surface area contributed by atoms with Crippen molar-refractivity contribution < 1.29 is 19.2 Å². The van der Waals surface area contributed by atoms with E-state index in [1.165, 1.54) is 0 Å². The summed E-state index contributed by atoms with van der Waals surface area (Å²) in [5, 5.41) is 15.7. The van der Waals surface area contributed by atoms with E-state index in [1.54, 1.807) is 6.07 Å². The first-order valence-corrected chi connectivity index (χ1v) is 6.40. The van der Waals surface area contributed by atoms with Gasteiger partial charge in [-0.25, -0.2) is 0 Å². The number of nitrogens with zero attached hydrogens (tertiary/aromatic N) is 1. The molecule has 0 aromatic carbocycles. The summed E-state index contributed by atoms with van der Waals surface area (Å²) in [5.41, 5.74) is -0.318. The van der Waals surface area contributed by atoms with Gasteiger partial charge in [-0.05, 0) is 51.9 Å². The Morgan fingerprint density at radius 3 is 2.47 bits per heavy atom. The van der Waals surface area contributed by atoms with Crippen LogP contribution in [0.25, 0.3) is 0 Å². The quantitative estimate of drug-likeness (QED) is 0.797. The number of ether oxygens (including phenoxy) is 1. The van der Waals surface area contributed by atoms with E-state index in [0.29, 0.717) is 12.4 Å². The number of hydrogen-bond acceptors (Lipinski definition) is 6. The molecule has 0 aliphatic carbocycles. The maximum absolute atomic E-state index is 9.60. The predicted molar refractivity (Wildman–Crippen MR) is 69.9 cm³/mol. The Balaban J connectivity index is 0.000000224. The summed E-state index contributed by atoms with van der Waals surface area (Å²) >= 11 is 0. The summed E-state index contributed by atoms with van der Waals surface area (Å²) in [6.07, 6.45) is 2.13. The number of aromatic nitrogens is 1. The van der Waals surface area contributed by atoms with Crippen molar-refractivity contribution in [3.05, 3.63) is 11.8 Å². The van der Waals surface area contributed by atoms with Gasteiger partial charge in [-0.2, -0.15) is 0 Å². The monoisotopic (exact) mass is 270 g/mol. The minimum atomic E-state index is -0.318. The van der Waals surface area contributed by atoms with Crippen LogP contribution in [0.15, 0.2) is 10.6 Å². The fourth-order valence-corrected chi connectivity index (χ4v) is 1.72. The van der Waals surface area contributed by atoms with E-state index >= 15 is 0 Å². The summed E-state index contributed by atoms with van der Waals surface area (Å²) in [7, 11) is 0. The van der Waals surface area contributed by atoms with Crippen molar-refractivity contribution in [1.29, 1.82) is 0 Å². The van der Waals surface area contributed by atoms with Crippen molar-refractivity contribution in [2.24, 2.45) is 0 Å². The third kappa shape index (κ3) is 6.24. The van der Waals surface area contributed by atoms with Crippen molar-refractivity contribution in [1.82, 2.24) is 10.5 Å². The van der Waals surface area contributed by atoms with Crippen molar-refractivity contribution in [3.8, 4) is 5.88 Å². The first-order chi connectivity index (χ1) is 8.92. The first-order valence-electron chi connectivity index (χ1n) is 6.40. The second kappa shape index (κ2) is 7.13. The first kappa shape index (κ1) is 15.5. The summed E-state index contributed by atoms with van der Waals surface area (Å²) < 4.78 is 9.52. The number of nitrogens with one attached hydrogen (secondary N) is 1. The van der Waals surface area contributed by atoms with E-state index in [1.807, 2.05) is 20.8 Å². The molecule has 6 nitrogen and oxygen atoms in total. The van der Waals surface area contributed by atoms with Crippen LogP contribution in [0.2, 0.25) is 0 Å². The SMILES string of the molecule is CC(C)(C)OC=O.Oc1cc(C2CCNCC2)on1. The summed E-state index contributed by atoms with van der Waals surface area (Å²) in [5.74, 6) is 1.23. The van der Waals surface area contributed by atoms with Gasteiger partial charge in [0.25, 0.3) is 12.4 Å². The van der Waals surface area contributed by atoms with Gasteiger partial charge >= 0.3 is 0 Å². The maximum atomic E-state index is 9.60. The van der Waals surface area contributed by atoms with Crippen molar-refractivity contribution in [3.63, 3.8) is 0 Å². The lowest BCUT2D eigenvalue weighted by Gasteiger charge is -2.19. The minimum absolute atomic E-state index is 0.0106. The van der Waals surface area contributed by atoms with Gasteiger partial charge in [0.2, 0.25) is 0 Å². The van der Waals surface area contributed by atoms with E-state index in [-0.39, 0.29) is 11.5 Å². The zero-order valence-electron chi connectivity index (χ0n) is 11.7. The molecule has 0 atom stereocenters. The zero-order valence-corrected chi connectivity index (χ0v) is 11.7. The molecule has 0 bridgehead atoms. The molecule has 1 aliphatic rings. The Morgan fingerprint density at radius 2 is 2.11 bits per heavy atom. The number of carbonyl (C=O) groups excluding carboxylic acids is 1. The van der Waals surface area contributed by atoms with Crippen LogP contribution >= 0.6 is 0 Å². The Labute approximate surface area is 113 Å². The van der Waals surface area contributed by atoms with Crippen LogP contribution in [0.1, 0.15) is 45.3 Å². The largest absolute Gasteiger partial charge is 0.491 e. The molecule has 19 heavy (non-hydrogen) atoms. The molecule has 1 saturated heterocycles. The highest BCUT2D eigenvalue weighted by molar-refractivity contribution is 5.37. The highest BCUT2D eigenvalue weighted by atomic mass is 16.5. The third-order valence-corrected chi connectivity index (χ3v) is 2.66. The van der Waals surface area contributed by atoms with Gasteiger partial charge in [0, 0.05) is 12.0 Å². The fraction of sp³-hybridized carbons (Fsp3) is 0.692. The maximum Gasteiger partial charge on any atom is 0.293 e. The molecular formula is C13H22N2O4. The molecule has 1 aromatic heterocycles. The molecule has 2 heterocycles. The average molecular weight is 270 g/mol. The smallest absolute Gasteiger partial charge is 0.293 e. The van der Waals surface area contributed by atoms with Gasteiger partial charge in [0.15, 0.2) is 0 Å². The molecule has 0 radical (unpaired) electrons. The lowest BCUT2D eigenvalue weighted by molar-refractivity contribution is -0.138. The van der Waals surface area contributed by atoms with Gasteiger partial charge < -0.3 is 19.7 Å². The molecule has 2 N–H and O–H groups in total. The van der Waals surface area contributed by atoms with Gasteiger partial charge in [-0.3, -0.25) is 4.79 Å². The van der Waals surface area contributed by atoms with Gasteiger partial charge in [-0.15, -0.1) is 0 Å². The van der Waals surface area contributed by atoms with Crippen LogP contribution in [-0.2, 0) is 9.53 Å². The van der Waals surface area contributed by atoms with Crippen LogP contribution in [0.5, 0.6) is 5.88 Å². The molecule has 108 valence electrons. The van der Waals surface area contributed by atoms with Gasteiger partial charge in [0.05, 0.1) is 0 Å². The van der Waals surface area contributed by atoms with E-state index < -0.39 is 0 Å². The molecule has 2 rings (SSSR count). The van der Waals surface area contributed by atoms with Crippen LogP contribution in [0.4, 0.5) is 0 Å². The van der Waals surface area contributed by atoms with Crippen molar-refractivity contribution in [2.75, 3.05) is 13.1 Å². The lowest BCUT2D eigenvalue weighted by atomic mass is 9.96. The zero-order chi connectivity index (χ0) is 14.3.